The number of nitrogens with zero attached hydrogens (tertiary/aromatic N) is 2. The lowest BCUT2D eigenvalue weighted by Crippen LogP contribution is -2.48. The molecule has 1 heterocycles. The Hall–Kier alpha value is -1.20. The quantitative estimate of drug-likeness (QED) is 0.681. The molecule has 0 fully saturated rings. The third-order valence-corrected chi connectivity index (χ3v) is 5.60. The lowest BCUT2D eigenvalue weighted by Gasteiger charge is -2.44. The van der Waals surface area contributed by atoms with Crippen LogP contribution < -0.4 is 4.90 Å². The summed E-state index contributed by atoms with van der Waals surface area (Å²) in [6.07, 6.45) is 1.04. The van der Waals surface area contributed by atoms with Gasteiger partial charge in [-0.2, -0.15) is 5.26 Å². The third-order valence-electron chi connectivity index (χ3n) is 5.29. The molecule has 0 radical (unpaired) electrons. The molecule has 0 spiro atoms. The van der Waals surface area contributed by atoms with Crippen molar-refractivity contribution in [3.63, 3.8) is 0 Å². The Morgan fingerprint density at radius 2 is 1.82 bits per heavy atom. The van der Waals surface area contributed by atoms with Crippen LogP contribution in [0, 0.1) is 16.7 Å². The highest BCUT2D eigenvalue weighted by molar-refractivity contribution is 6.32. The summed E-state index contributed by atoms with van der Waals surface area (Å²) in [7, 11) is 0. The SMILES string of the molecule is CCC1(C(C)(C)C)CN(C(C)(C)C)c2cc(Cl)c(C#N)cc21. The molecule has 0 saturated heterocycles. The van der Waals surface area contributed by atoms with E-state index in [1.165, 1.54) is 11.3 Å². The minimum atomic E-state index is 0.0222. The Kier molecular flexibility index (Phi) is 4.03. The zero-order chi connectivity index (χ0) is 16.9. The molecule has 0 aromatic heterocycles. The monoisotopic (exact) mass is 318 g/mol. The summed E-state index contributed by atoms with van der Waals surface area (Å²) in [6.45, 7) is 16.8. The average molecular weight is 319 g/mol. The summed E-state index contributed by atoms with van der Waals surface area (Å²) in [5.74, 6) is 0. The Morgan fingerprint density at radius 1 is 1.23 bits per heavy atom. The first-order valence-electron chi connectivity index (χ1n) is 7.99. The molecule has 1 atom stereocenters. The summed E-state index contributed by atoms with van der Waals surface area (Å²) >= 11 is 6.32. The third kappa shape index (κ3) is 2.40. The molecule has 0 saturated carbocycles. The normalized spacial score (nSPS) is 21.7. The highest BCUT2D eigenvalue weighted by atomic mass is 35.5. The van der Waals surface area contributed by atoms with E-state index in [1.54, 1.807) is 0 Å². The number of fused-ring (bicyclic) bond motifs is 1. The van der Waals surface area contributed by atoms with Crippen molar-refractivity contribution in [3.8, 4) is 6.07 Å². The zero-order valence-corrected chi connectivity index (χ0v) is 15.6. The van der Waals surface area contributed by atoms with Gasteiger partial charge in [-0.25, -0.2) is 0 Å². The molecule has 0 amide bonds. The van der Waals surface area contributed by atoms with E-state index in [1.807, 2.05) is 12.1 Å². The number of hydrogen-bond acceptors (Lipinski definition) is 2. The molecule has 22 heavy (non-hydrogen) atoms. The van der Waals surface area contributed by atoms with E-state index in [-0.39, 0.29) is 16.4 Å². The minimum Gasteiger partial charge on any atom is -0.365 e. The molecular weight excluding hydrogens is 292 g/mol. The van der Waals surface area contributed by atoms with Crippen LogP contribution >= 0.6 is 11.6 Å². The number of benzene rings is 1. The molecule has 2 rings (SSSR count). The van der Waals surface area contributed by atoms with Crippen molar-refractivity contribution >= 4 is 17.3 Å². The van der Waals surface area contributed by atoms with Crippen LogP contribution in [0.5, 0.6) is 0 Å². The summed E-state index contributed by atoms with van der Waals surface area (Å²) in [5, 5.41) is 9.93. The van der Waals surface area contributed by atoms with Gasteiger partial charge in [0.05, 0.1) is 10.6 Å². The van der Waals surface area contributed by atoms with Crippen LogP contribution in [-0.4, -0.2) is 12.1 Å². The van der Waals surface area contributed by atoms with Crippen LogP contribution in [0.1, 0.15) is 66.0 Å². The fourth-order valence-corrected chi connectivity index (χ4v) is 3.97. The standard InChI is InChI=1S/C19H27ClN2/c1-8-19(17(2,3)4)12-22(18(5,6)7)16-10-15(20)13(11-21)9-14(16)19/h9-10H,8,12H2,1-7H3. The molecule has 120 valence electrons. The number of rotatable bonds is 1. The molecule has 1 aliphatic rings. The van der Waals surface area contributed by atoms with Crippen LogP contribution in [0.4, 0.5) is 5.69 Å². The molecule has 1 aliphatic heterocycles. The predicted octanol–water partition coefficient (Wildman–Crippen LogP) is 5.52. The summed E-state index contributed by atoms with van der Waals surface area (Å²) in [5.41, 5.74) is 3.21. The van der Waals surface area contributed by atoms with E-state index in [9.17, 15) is 5.26 Å². The second-order valence-electron chi connectivity index (χ2n) is 8.40. The smallest absolute Gasteiger partial charge is 0.101 e. The fourth-order valence-electron chi connectivity index (χ4n) is 3.77. The first-order chi connectivity index (χ1) is 9.98. The largest absolute Gasteiger partial charge is 0.365 e. The maximum atomic E-state index is 9.37. The minimum absolute atomic E-state index is 0.0222. The number of hydrogen-bond donors (Lipinski definition) is 0. The van der Waals surface area contributed by atoms with Gasteiger partial charge in [0.25, 0.3) is 0 Å². The second kappa shape index (κ2) is 5.17. The lowest BCUT2D eigenvalue weighted by atomic mass is 9.62. The van der Waals surface area contributed by atoms with Gasteiger partial charge < -0.3 is 4.90 Å². The van der Waals surface area contributed by atoms with Crippen molar-refractivity contribution in [1.82, 2.24) is 0 Å². The Bertz CT molecular complexity index is 629. The maximum Gasteiger partial charge on any atom is 0.101 e. The molecule has 0 bridgehead atoms. The Morgan fingerprint density at radius 3 is 2.23 bits per heavy atom. The summed E-state index contributed by atoms with van der Waals surface area (Å²) < 4.78 is 0. The van der Waals surface area contributed by atoms with Gasteiger partial charge in [0.1, 0.15) is 6.07 Å². The van der Waals surface area contributed by atoms with Gasteiger partial charge in [0.2, 0.25) is 0 Å². The second-order valence-corrected chi connectivity index (χ2v) is 8.81. The van der Waals surface area contributed by atoms with Crippen molar-refractivity contribution < 1.29 is 0 Å². The van der Waals surface area contributed by atoms with Gasteiger partial charge in [0, 0.05) is 23.2 Å². The van der Waals surface area contributed by atoms with Crippen molar-refractivity contribution in [1.29, 1.82) is 5.26 Å². The van der Waals surface area contributed by atoms with E-state index < -0.39 is 0 Å². The van der Waals surface area contributed by atoms with E-state index in [0.717, 1.165) is 13.0 Å². The molecule has 1 aromatic carbocycles. The lowest BCUT2D eigenvalue weighted by molar-refractivity contribution is 0.185. The fraction of sp³-hybridized carbons (Fsp3) is 0.632. The van der Waals surface area contributed by atoms with Crippen molar-refractivity contribution in [2.75, 3.05) is 11.4 Å². The van der Waals surface area contributed by atoms with E-state index in [4.69, 9.17) is 11.6 Å². The number of halogens is 1. The Balaban J connectivity index is 2.79. The van der Waals surface area contributed by atoms with Gasteiger partial charge in [0.15, 0.2) is 0 Å². The van der Waals surface area contributed by atoms with Gasteiger partial charge in [-0.15, -0.1) is 0 Å². The number of nitriles is 1. The highest BCUT2D eigenvalue weighted by Gasteiger charge is 2.51. The summed E-state index contributed by atoms with van der Waals surface area (Å²) in [6, 6.07) is 6.26. The first kappa shape index (κ1) is 17.2. The van der Waals surface area contributed by atoms with Gasteiger partial charge in [-0.05, 0) is 50.3 Å². The van der Waals surface area contributed by atoms with E-state index in [0.29, 0.717) is 10.6 Å². The van der Waals surface area contributed by atoms with Gasteiger partial charge in [-0.3, -0.25) is 0 Å². The van der Waals surface area contributed by atoms with Crippen LogP contribution in [-0.2, 0) is 5.41 Å². The average Bonchev–Trinajstić information content (AvgIpc) is 2.71. The molecule has 1 unspecified atom stereocenters. The van der Waals surface area contributed by atoms with E-state index in [2.05, 4.69) is 59.4 Å². The van der Waals surface area contributed by atoms with Crippen molar-refractivity contribution in [2.45, 2.75) is 65.8 Å². The van der Waals surface area contributed by atoms with Crippen LogP contribution in [0.25, 0.3) is 0 Å². The highest BCUT2D eigenvalue weighted by Crippen LogP contribution is 2.55. The molecule has 3 heteroatoms. The molecular formula is C19H27ClN2. The van der Waals surface area contributed by atoms with Crippen LogP contribution in [0.2, 0.25) is 5.02 Å². The molecule has 0 N–H and O–H groups in total. The topological polar surface area (TPSA) is 27.0 Å². The Labute approximate surface area is 140 Å². The summed E-state index contributed by atoms with van der Waals surface area (Å²) in [4.78, 5) is 2.45. The molecule has 1 aromatic rings. The zero-order valence-electron chi connectivity index (χ0n) is 14.8. The number of anilines is 1. The van der Waals surface area contributed by atoms with Gasteiger partial charge in [-0.1, -0.05) is 39.3 Å². The molecule has 0 aliphatic carbocycles. The molecule has 2 nitrogen and oxygen atoms in total. The first-order valence-corrected chi connectivity index (χ1v) is 8.37. The predicted molar refractivity (Wildman–Crippen MR) is 94.7 cm³/mol. The van der Waals surface area contributed by atoms with Crippen LogP contribution in [0.3, 0.4) is 0 Å². The maximum absolute atomic E-state index is 9.37. The van der Waals surface area contributed by atoms with Crippen molar-refractivity contribution in [3.05, 3.63) is 28.3 Å². The van der Waals surface area contributed by atoms with Crippen molar-refractivity contribution in [2.24, 2.45) is 5.41 Å². The van der Waals surface area contributed by atoms with Crippen LogP contribution in [0.15, 0.2) is 12.1 Å². The van der Waals surface area contributed by atoms with E-state index >= 15 is 0 Å². The van der Waals surface area contributed by atoms with Gasteiger partial charge >= 0.3 is 0 Å².